The van der Waals surface area contributed by atoms with E-state index in [1.165, 1.54) is 0 Å². The third kappa shape index (κ3) is 2.79. The molecular weight excluding hydrogens is 236 g/mol. The highest BCUT2D eigenvalue weighted by Crippen LogP contribution is 2.31. The predicted octanol–water partition coefficient (Wildman–Crippen LogP) is 1.85. The van der Waals surface area contributed by atoms with Gasteiger partial charge in [-0.1, -0.05) is 13.0 Å². The minimum Gasteiger partial charge on any atom is -0.382 e. The molecule has 1 aliphatic carbocycles. The van der Waals surface area contributed by atoms with Gasteiger partial charge in [0, 0.05) is 11.7 Å². The number of nitrogens with two attached hydrogens (primary N) is 1. The van der Waals surface area contributed by atoms with Gasteiger partial charge in [-0.2, -0.15) is 0 Å². The summed E-state index contributed by atoms with van der Waals surface area (Å²) in [6, 6.07) is 5.40. The van der Waals surface area contributed by atoms with Crippen LogP contribution in [0, 0.1) is 12.8 Å². The first-order valence-electron chi connectivity index (χ1n) is 5.76. The van der Waals surface area contributed by atoms with E-state index in [0.29, 0.717) is 6.04 Å². The van der Waals surface area contributed by atoms with Crippen LogP contribution in [-0.4, -0.2) is 14.5 Å². The lowest BCUT2D eigenvalue weighted by molar-refractivity contribution is 0.309. The average Bonchev–Trinajstić information content (AvgIpc) is 2.17. The molecule has 17 heavy (non-hydrogen) atoms. The zero-order valence-corrected chi connectivity index (χ0v) is 10.9. The molecule has 94 valence electrons. The summed E-state index contributed by atoms with van der Waals surface area (Å²) in [5.74, 6) is 0.759. The molecular formula is C12H18N2O2S. The van der Waals surface area contributed by atoms with Gasteiger partial charge in [0.05, 0.1) is 4.90 Å². The summed E-state index contributed by atoms with van der Waals surface area (Å²) < 4.78 is 22.5. The fourth-order valence-electron chi connectivity index (χ4n) is 2.17. The monoisotopic (exact) mass is 254 g/mol. The van der Waals surface area contributed by atoms with E-state index in [0.717, 1.165) is 30.0 Å². The van der Waals surface area contributed by atoms with Crippen LogP contribution in [-0.2, 0) is 10.0 Å². The van der Waals surface area contributed by atoms with Crippen molar-refractivity contribution >= 4 is 15.7 Å². The van der Waals surface area contributed by atoms with Crippen LogP contribution >= 0.6 is 0 Å². The smallest absolute Gasteiger partial charge is 0.238 e. The molecule has 1 aromatic rings. The van der Waals surface area contributed by atoms with Gasteiger partial charge >= 0.3 is 0 Å². The van der Waals surface area contributed by atoms with Crippen LogP contribution < -0.4 is 10.5 Å². The van der Waals surface area contributed by atoms with E-state index in [2.05, 4.69) is 12.2 Å². The molecule has 1 saturated carbocycles. The van der Waals surface area contributed by atoms with Gasteiger partial charge in [-0.05, 0) is 43.4 Å². The van der Waals surface area contributed by atoms with E-state index in [9.17, 15) is 8.42 Å². The summed E-state index contributed by atoms with van der Waals surface area (Å²) in [7, 11) is -3.62. The molecule has 5 heteroatoms. The van der Waals surface area contributed by atoms with Gasteiger partial charge in [-0.15, -0.1) is 0 Å². The SMILES string of the molecule is Cc1ccc(S(N)(=O)=O)cc1NC1CC(C)C1. The van der Waals surface area contributed by atoms with Crippen LogP contribution in [0.1, 0.15) is 25.3 Å². The zero-order valence-electron chi connectivity index (χ0n) is 10.1. The predicted molar refractivity (Wildman–Crippen MR) is 68.4 cm³/mol. The summed E-state index contributed by atoms with van der Waals surface area (Å²) in [4.78, 5) is 0.165. The van der Waals surface area contributed by atoms with Crippen LogP contribution in [0.2, 0.25) is 0 Å². The Labute approximate surface area is 102 Å². The molecule has 0 bridgehead atoms. The second-order valence-corrected chi connectivity index (χ2v) is 6.50. The summed E-state index contributed by atoms with van der Waals surface area (Å²) in [6.45, 7) is 4.17. The highest BCUT2D eigenvalue weighted by atomic mass is 32.2. The summed E-state index contributed by atoms with van der Waals surface area (Å²) in [5, 5.41) is 8.49. The Kier molecular flexibility index (Phi) is 3.14. The molecule has 0 unspecified atom stereocenters. The number of anilines is 1. The van der Waals surface area contributed by atoms with E-state index in [1.807, 2.05) is 6.92 Å². The number of hydrogen-bond donors (Lipinski definition) is 2. The van der Waals surface area contributed by atoms with Gasteiger partial charge in [0.25, 0.3) is 0 Å². The van der Waals surface area contributed by atoms with Crippen molar-refractivity contribution in [3.05, 3.63) is 23.8 Å². The van der Waals surface area contributed by atoms with Crippen molar-refractivity contribution in [2.45, 2.75) is 37.6 Å². The number of benzene rings is 1. The molecule has 4 nitrogen and oxygen atoms in total. The first-order chi connectivity index (χ1) is 7.86. The Morgan fingerprint density at radius 3 is 2.53 bits per heavy atom. The Morgan fingerprint density at radius 1 is 1.35 bits per heavy atom. The molecule has 0 spiro atoms. The Hall–Kier alpha value is -1.07. The number of rotatable bonds is 3. The first kappa shape index (κ1) is 12.4. The Balaban J connectivity index is 2.21. The molecule has 0 heterocycles. The van der Waals surface area contributed by atoms with Crippen LogP contribution in [0.5, 0.6) is 0 Å². The standard InChI is InChI=1S/C12H18N2O2S/c1-8-5-10(6-8)14-12-7-11(17(13,15)16)4-3-9(12)2/h3-4,7-8,10,14H,5-6H2,1-2H3,(H2,13,15,16). The van der Waals surface area contributed by atoms with Crippen molar-refractivity contribution < 1.29 is 8.42 Å². The third-order valence-corrected chi connectivity index (χ3v) is 4.18. The molecule has 0 aliphatic heterocycles. The number of primary sulfonamides is 1. The van der Waals surface area contributed by atoms with E-state index in [1.54, 1.807) is 18.2 Å². The van der Waals surface area contributed by atoms with Crippen molar-refractivity contribution in [2.24, 2.45) is 11.1 Å². The summed E-state index contributed by atoms with van der Waals surface area (Å²) in [6.07, 6.45) is 2.28. The molecule has 0 saturated heterocycles. The molecule has 1 aromatic carbocycles. The van der Waals surface area contributed by atoms with Crippen LogP contribution in [0.25, 0.3) is 0 Å². The second kappa shape index (κ2) is 4.31. The maximum atomic E-state index is 11.3. The van der Waals surface area contributed by atoms with Crippen LogP contribution in [0.15, 0.2) is 23.1 Å². The van der Waals surface area contributed by atoms with E-state index in [4.69, 9.17) is 5.14 Å². The summed E-state index contributed by atoms with van der Waals surface area (Å²) in [5.41, 5.74) is 1.91. The van der Waals surface area contributed by atoms with Crippen molar-refractivity contribution in [3.8, 4) is 0 Å². The number of sulfonamides is 1. The quantitative estimate of drug-likeness (QED) is 0.864. The number of hydrogen-bond acceptors (Lipinski definition) is 3. The number of aryl methyl sites for hydroxylation is 1. The lowest BCUT2D eigenvalue weighted by Crippen LogP contribution is -2.34. The Bertz CT molecular complexity index is 519. The minimum atomic E-state index is -3.62. The molecule has 2 rings (SSSR count). The molecule has 0 amide bonds. The van der Waals surface area contributed by atoms with E-state index < -0.39 is 10.0 Å². The second-order valence-electron chi connectivity index (χ2n) is 4.94. The number of nitrogens with one attached hydrogen (secondary N) is 1. The maximum Gasteiger partial charge on any atom is 0.238 e. The van der Waals surface area contributed by atoms with Gasteiger partial charge in [0.15, 0.2) is 0 Å². The van der Waals surface area contributed by atoms with E-state index in [-0.39, 0.29) is 4.90 Å². The normalized spacial score (nSPS) is 24.2. The molecule has 0 aromatic heterocycles. The highest BCUT2D eigenvalue weighted by molar-refractivity contribution is 7.89. The molecule has 3 N–H and O–H groups in total. The lowest BCUT2D eigenvalue weighted by Gasteiger charge is -2.34. The van der Waals surface area contributed by atoms with Gasteiger partial charge in [0.2, 0.25) is 10.0 Å². The summed E-state index contributed by atoms with van der Waals surface area (Å²) >= 11 is 0. The Morgan fingerprint density at radius 2 is 2.00 bits per heavy atom. The third-order valence-electron chi connectivity index (χ3n) is 3.27. The van der Waals surface area contributed by atoms with Crippen LogP contribution in [0.3, 0.4) is 0 Å². The van der Waals surface area contributed by atoms with Crippen molar-refractivity contribution in [3.63, 3.8) is 0 Å². The topological polar surface area (TPSA) is 72.2 Å². The van der Waals surface area contributed by atoms with E-state index >= 15 is 0 Å². The zero-order chi connectivity index (χ0) is 12.6. The highest BCUT2D eigenvalue weighted by Gasteiger charge is 2.25. The maximum absolute atomic E-state index is 11.3. The lowest BCUT2D eigenvalue weighted by atomic mass is 9.82. The fourth-order valence-corrected chi connectivity index (χ4v) is 2.71. The largest absolute Gasteiger partial charge is 0.382 e. The van der Waals surface area contributed by atoms with Gasteiger partial charge < -0.3 is 5.32 Å². The van der Waals surface area contributed by atoms with Gasteiger partial charge in [0.1, 0.15) is 0 Å². The van der Waals surface area contributed by atoms with Crippen molar-refractivity contribution in [1.29, 1.82) is 0 Å². The van der Waals surface area contributed by atoms with Crippen molar-refractivity contribution in [1.82, 2.24) is 0 Å². The molecule has 1 fully saturated rings. The average molecular weight is 254 g/mol. The molecule has 1 aliphatic rings. The fraction of sp³-hybridized carbons (Fsp3) is 0.500. The molecule has 0 atom stereocenters. The van der Waals surface area contributed by atoms with Crippen molar-refractivity contribution in [2.75, 3.05) is 5.32 Å². The van der Waals surface area contributed by atoms with Gasteiger partial charge in [-0.3, -0.25) is 0 Å². The van der Waals surface area contributed by atoms with Crippen LogP contribution in [0.4, 0.5) is 5.69 Å². The molecule has 0 radical (unpaired) electrons. The van der Waals surface area contributed by atoms with Gasteiger partial charge in [-0.25, -0.2) is 13.6 Å². The minimum absolute atomic E-state index is 0.165. The first-order valence-corrected chi connectivity index (χ1v) is 7.31.